The maximum Gasteiger partial charge on any atom is 0.122 e. The Balaban J connectivity index is 1.65. The van der Waals surface area contributed by atoms with Gasteiger partial charge in [0.1, 0.15) is 5.75 Å². The third-order valence-electron chi connectivity index (χ3n) is 3.43. The molecule has 0 bridgehead atoms. The highest BCUT2D eigenvalue weighted by molar-refractivity contribution is 5.39. The SMILES string of the molecule is CC1CC1NCc1ccc2c(c1)CCO2. The fourth-order valence-electron chi connectivity index (χ4n) is 2.21. The fraction of sp³-hybridized carbons (Fsp3) is 0.538. The first-order valence-electron chi connectivity index (χ1n) is 5.81. The second kappa shape index (κ2) is 3.53. The largest absolute Gasteiger partial charge is 0.493 e. The van der Waals surface area contributed by atoms with Crippen molar-refractivity contribution < 1.29 is 4.74 Å². The summed E-state index contributed by atoms with van der Waals surface area (Å²) in [6.07, 6.45) is 2.41. The van der Waals surface area contributed by atoms with E-state index in [1.165, 1.54) is 17.5 Å². The molecule has 15 heavy (non-hydrogen) atoms. The van der Waals surface area contributed by atoms with Crippen molar-refractivity contribution in [2.24, 2.45) is 5.92 Å². The maximum absolute atomic E-state index is 5.49. The third kappa shape index (κ3) is 1.86. The van der Waals surface area contributed by atoms with Crippen LogP contribution in [0.15, 0.2) is 18.2 Å². The van der Waals surface area contributed by atoms with Crippen LogP contribution in [0.1, 0.15) is 24.5 Å². The van der Waals surface area contributed by atoms with E-state index in [2.05, 4.69) is 30.4 Å². The Morgan fingerprint density at radius 3 is 3.13 bits per heavy atom. The van der Waals surface area contributed by atoms with Gasteiger partial charge in [0.25, 0.3) is 0 Å². The van der Waals surface area contributed by atoms with E-state index in [4.69, 9.17) is 4.74 Å². The molecule has 2 aliphatic rings. The molecule has 1 N–H and O–H groups in total. The van der Waals surface area contributed by atoms with Crippen molar-refractivity contribution in [3.8, 4) is 5.75 Å². The van der Waals surface area contributed by atoms with Gasteiger partial charge in [0, 0.05) is 19.0 Å². The maximum atomic E-state index is 5.49. The lowest BCUT2D eigenvalue weighted by atomic mass is 10.1. The first kappa shape index (κ1) is 9.22. The van der Waals surface area contributed by atoms with Gasteiger partial charge < -0.3 is 10.1 Å². The Kier molecular flexibility index (Phi) is 2.17. The van der Waals surface area contributed by atoms with Crippen LogP contribution in [0.5, 0.6) is 5.75 Å². The molecule has 1 fully saturated rings. The smallest absolute Gasteiger partial charge is 0.122 e. The van der Waals surface area contributed by atoms with Gasteiger partial charge in [0.15, 0.2) is 0 Å². The summed E-state index contributed by atoms with van der Waals surface area (Å²) < 4.78 is 5.49. The normalized spacial score (nSPS) is 27.3. The van der Waals surface area contributed by atoms with Crippen molar-refractivity contribution in [1.29, 1.82) is 0 Å². The second-order valence-corrected chi connectivity index (χ2v) is 4.74. The van der Waals surface area contributed by atoms with Gasteiger partial charge in [-0.3, -0.25) is 0 Å². The molecule has 1 heterocycles. The van der Waals surface area contributed by atoms with Crippen molar-refractivity contribution in [1.82, 2.24) is 5.32 Å². The van der Waals surface area contributed by atoms with Crippen molar-refractivity contribution in [2.45, 2.75) is 32.4 Å². The molecular weight excluding hydrogens is 186 g/mol. The molecule has 0 spiro atoms. The van der Waals surface area contributed by atoms with Crippen LogP contribution in [0.4, 0.5) is 0 Å². The number of hydrogen-bond acceptors (Lipinski definition) is 2. The van der Waals surface area contributed by atoms with E-state index < -0.39 is 0 Å². The minimum Gasteiger partial charge on any atom is -0.493 e. The fourth-order valence-corrected chi connectivity index (χ4v) is 2.21. The highest BCUT2D eigenvalue weighted by atomic mass is 16.5. The molecule has 2 nitrogen and oxygen atoms in total. The zero-order valence-electron chi connectivity index (χ0n) is 9.12. The zero-order valence-corrected chi connectivity index (χ0v) is 9.12. The molecule has 0 amide bonds. The van der Waals surface area contributed by atoms with Crippen LogP contribution >= 0.6 is 0 Å². The van der Waals surface area contributed by atoms with E-state index >= 15 is 0 Å². The van der Waals surface area contributed by atoms with Crippen LogP contribution in [0.3, 0.4) is 0 Å². The van der Waals surface area contributed by atoms with Crippen LogP contribution in [-0.4, -0.2) is 12.6 Å². The lowest BCUT2D eigenvalue weighted by Gasteiger charge is -2.05. The van der Waals surface area contributed by atoms with Gasteiger partial charge in [-0.15, -0.1) is 0 Å². The molecular formula is C13H17NO. The number of hydrogen-bond donors (Lipinski definition) is 1. The molecule has 0 saturated heterocycles. The Morgan fingerprint density at radius 2 is 2.33 bits per heavy atom. The Hall–Kier alpha value is -1.02. The van der Waals surface area contributed by atoms with Crippen LogP contribution in [0, 0.1) is 5.92 Å². The van der Waals surface area contributed by atoms with E-state index in [1.807, 2.05) is 0 Å². The number of benzene rings is 1. The molecule has 1 aliphatic carbocycles. The molecule has 0 radical (unpaired) electrons. The van der Waals surface area contributed by atoms with E-state index in [9.17, 15) is 0 Å². The monoisotopic (exact) mass is 203 g/mol. The highest BCUT2D eigenvalue weighted by Gasteiger charge is 2.31. The average Bonchev–Trinajstić information content (AvgIpc) is 2.78. The van der Waals surface area contributed by atoms with Crippen molar-refractivity contribution in [2.75, 3.05) is 6.61 Å². The van der Waals surface area contributed by atoms with E-state index in [1.54, 1.807) is 0 Å². The van der Waals surface area contributed by atoms with Crippen LogP contribution in [-0.2, 0) is 13.0 Å². The zero-order chi connectivity index (χ0) is 10.3. The topological polar surface area (TPSA) is 21.3 Å². The molecule has 0 aromatic heterocycles. The first-order chi connectivity index (χ1) is 7.33. The number of nitrogens with one attached hydrogen (secondary N) is 1. The molecule has 1 aromatic rings. The van der Waals surface area contributed by atoms with Gasteiger partial charge in [-0.1, -0.05) is 19.1 Å². The first-order valence-corrected chi connectivity index (χ1v) is 5.81. The summed E-state index contributed by atoms with van der Waals surface area (Å²) in [7, 11) is 0. The van der Waals surface area contributed by atoms with Crippen LogP contribution in [0.25, 0.3) is 0 Å². The summed E-state index contributed by atoms with van der Waals surface area (Å²) in [6, 6.07) is 7.32. The van der Waals surface area contributed by atoms with E-state index in [0.29, 0.717) is 0 Å². The van der Waals surface area contributed by atoms with Gasteiger partial charge in [-0.05, 0) is 29.5 Å². The number of rotatable bonds is 3. The molecule has 3 rings (SSSR count). The van der Waals surface area contributed by atoms with Crippen molar-refractivity contribution in [3.05, 3.63) is 29.3 Å². The van der Waals surface area contributed by atoms with Crippen molar-refractivity contribution >= 4 is 0 Å². The quantitative estimate of drug-likeness (QED) is 0.812. The summed E-state index contributed by atoms with van der Waals surface area (Å²) in [5, 5.41) is 3.57. The number of ether oxygens (including phenoxy) is 1. The van der Waals surface area contributed by atoms with Gasteiger partial charge in [-0.2, -0.15) is 0 Å². The standard InChI is InChI=1S/C13H17NO/c1-9-6-12(9)14-8-10-2-3-13-11(7-10)4-5-15-13/h2-3,7,9,12,14H,4-6,8H2,1H3. The Labute approximate surface area is 90.6 Å². The molecule has 2 atom stereocenters. The van der Waals surface area contributed by atoms with Crippen LogP contribution in [0.2, 0.25) is 0 Å². The number of fused-ring (bicyclic) bond motifs is 1. The predicted molar refractivity (Wildman–Crippen MR) is 60.0 cm³/mol. The Bertz CT molecular complexity index is 375. The minimum atomic E-state index is 0.759. The van der Waals surface area contributed by atoms with Gasteiger partial charge in [0.2, 0.25) is 0 Å². The predicted octanol–water partition coefficient (Wildman–Crippen LogP) is 2.12. The molecule has 2 unspecified atom stereocenters. The molecule has 1 saturated carbocycles. The highest BCUT2D eigenvalue weighted by Crippen LogP contribution is 2.30. The molecule has 80 valence electrons. The lowest BCUT2D eigenvalue weighted by Crippen LogP contribution is -2.16. The molecule has 1 aromatic carbocycles. The van der Waals surface area contributed by atoms with E-state index in [-0.39, 0.29) is 0 Å². The van der Waals surface area contributed by atoms with Gasteiger partial charge in [0.05, 0.1) is 6.61 Å². The minimum absolute atomic E-state index is 0.759. The second-order valence-electron chi connectivity index (χ2n) is 4.74. The van der Waals surface area contributed by atoms with Crippen molar-refractivity contribution in [3.63, 3.8) is 0 Å². The van der Waals surface area contributed by atoms with E-state index in [0.717, 1.165) is 37.3 Å². The summed E-state index contributed by atoms with van der Waals surface area (Å²) >= 11 is 0. The third-order valence-corrected chi connectivity index (χ3v) is 3.43. The summed E-state index contributed by atoms with van der Waals surface area (Å²) in [6.45, 7) is 4.16. The lowest BCUT2D eigenvalue weighted by molar-refractivity contribution is 0.357. The Morgan fingerprint density at radius 1 is 1.47 bits per heavy atom. The molecule has 2 heteroatoms. The van der Waals surface area contributed by atoms with Gasteiger partial charge >= 0.3 is 0 Å². The van der Waals surface area contributed by atoms with Crippen LogP contribution < -0.4 is 10.1 Å². The summed E-state index contributed by atoms with van der Waals surface area (Å²) in [5.74, 6) is 1.96. The molecule has 1 aliphatic heterocycles. The van der Waals surface area contributed by atoms with Gasteiger partial charge in [-0.25, -0.2) is 0 Å². The average molecular weight is 203 g/mol. The summed E-state index contributed by atoms with van der Waals surface area (Å²) in [4.78, 5) is 0. The summed E-state index contributed by atoms with van der Waals surface area (Å²) in [5.41, 5.74) is 2.76.